The van der Waals surface area contributed by atoms with Crippen molar-refractivity contribution in [1.82, 2.24) is 9.97 Å². The molecule has 0 saturated carbocycles. The Morgan fingerprint density at radius 2 is 2.06 bits per heavy atom. The van der Waals surface area contributed by atoms with Gasteiger partial charge in [-0.15, -0.1) is 11.3 Å². The molecule has 3 heterocycles. The van der Waals surface area contributed by atoms with E-state index in [1.807, 2.05) is 31.2 Å². The van der Waals surface area contributed by atoms with E-state index in [0.29, 0.717) is 12.3 Å². The molecule has 172 valence electrons. The van der Waals surface area contributed by atoms with Crippen molar-refractivity contribution in [2.45, 2.75) is 65.0 Å². The third kappa shape index (κ3) is 4.60. The number of hydrogen-bond donors (Lipinski definition) is 0. The number of carbonyl (C=O) groups is 1. The van der Waals surface area contributed by atoms with Gasteiger partial charge in [-0.05, 0) is 64.2 Å². The van der Waals surface area contributed by atoms with E-state index < -0.39 is 0 Å². The maximum atomic E-state index is 13.5. The number of rotatable bonds is 6. The van der Waals surface area contributed by atoms with Gasteiger partial charge in [-0.1, -0.05) is 18.2 Å². The zero-order valence-electron chi connectivity index (χ0n) is 19.4. The van der Waals surface area contributed by atoms with Gasteiger partial charge in [0.25, 0.3) is 5.91 Å². The Kier molecular flexibility index (Phi) is 5.83. The molecule has 1 aromatic carbocycles. The fraction of sp³-hybridized carbons (Fsp3) is 0.423. The van der Waals surface area contributed by atoms with Crippen LogP contribution in [-0.2, 0) is 30.6 Å². The second-order valence-corrected chi connectivity index (χ2v) is 10.5. The number of hydrogen-bond acceptors (Lipinski definition) is 6. The second-order valence-electron chi connectivity index (χ2n) is 9.39. The molecule has 0 atom stereocenters. The number of amides is 1. The molecule has 1 aliphatic heterocycles. The summed E-state index contributed by atoms with van der Waals surface area (Å²) in [4.78, 5) is 25.9. The summed E-state index contributed by atoms with van der Waals surface area (Å²) in [5.74, 6) is 1.21. The number of para-hydroxylation sites is 1. The summed E-state index contributed by atoms with van der Waals surface area (Å²) >= 11 is 1.62. The molecule has 1 aliphatic carbocycles. The van der Waals surface area contributed by atoms with Crippen molar-refractivity contribution in [2.75, 3.05) is 11.5 Å². The van der Waals surface area contributed by atoms with Crippen LogP contribution in [0.2, 0.25) is 0 Å². The van der Waals surface area contributed by atoms with E-state index in [1.165, 1.54) is 11.3 Å². The molecule has 3 aromatic rings. The Balaban J connectivity index is 1.39. The number of carbonyl (C=O) groups excluding carboxylic acids is 1. The minimum Gasteiger partial charge on any atom is -0.483 e. The number of ether oxygens (including phenoxy) is 2. The van der Waals surface area contributed by atoms with Gasteiger partial charge < -0.3 is 9.47 Å². The molecule has 0 saturated heterocycles. The summed E-state index contributed by atoms with van der Waals surface area (Å²) in [5.41, 5.74) is 3.89. The quantitative estimate of drug-likeness (QED) is 0.512. The molecule has 2 aliphatic rings. The molecule has 2 aromatic heterocycles. The summed E-state index contributed by atoms with van der Waals surface area (Å²) in [6.45, 7) is 6.42. The Morgan fingerprint density at radius 3 is 2.88 bits per heavy atom. The first-order chi connectivity index (χ1) is 15.9. The molecule has 1 amide bonds. The fourth-order valence-corrected chi connectivity index (χ4v) is 5.63. The van der Waals surface area contributed by atoms with Crippen molar-refractivity contribution < 1.29 is 14.3 Å². The van der Waals surface area contributed by atoms with Crippen molar-refractivity contribution in [3.05, 3.63) is 63.9 Å². The topological polar surface area (TPSA) is 64.6 Å². The van der Waals surface area contributed by atoms with E-state index in [9.17, 15) is 4.79 Å². The number of fused-ring (bicyclic) bond motifs is 2. The molecule has 0 N–H and O–H groups in total. The fourth-order valence-electron chi connectivity index (χ4n) is 4.47. The molecular weight excluding hydrogens is 434 g/mol. The van der Waals surface area contributed by atoms with E-state index in [1.54, 1.807) is 22.4 Å². The molecule has 0 bridgehead atoms. The van der Waals surface area contributed by atoms with Crippen molar-refractivity contribution >= 4 is 22.4 Å². The lowest BCUT2D eigenvalue weighted by atomic mass is 10.0. The van der Waals surface area contributed by atoms with Gasteiger partial charge in [0.15, 0.2) is 23.2 Å². The summed E-state index contributed by atoms with van der Waals surface area (Å²) in [6, 6.07) is 9.79. The number of benzene rings is 1. The van der Waals surface area contributed by atoms with Gasteiger partial charge in [0, 0.05) is 23.1 Å². The number of aryl methyl sites for hydroxylation is 3. The van der Waals surface area contributed by atoms with Gasteiger partial charge >= 0.3 is 0 Å². The van der Waals surface area contributed by atoms with Crippen molar-refractivity contribution in [3.63, 3.8) is 0 Å². The molecule has 6 nitrogen and oxygen atoms in total. The second kappa shape index (κ2) is 8.78. The maximum Gasteiger partial charge on any atom is 0.267 e. The van der Waals surface area contributed by atoms with Gasteiger partial charge in [-0.3, -0.25) is 14.7 Å². The lowest BCUT2D eigenvalue weighted by Crippen LogP contribution is -2.35. The smallest absolute Gasteiger partial charge is 0.267 e. The minimum atomic E-state index is -0.270. The van der Waals surface area contributed by atoms with E-state index in [4.69, 9.17) is 14.5 Å². The first-order valence-corrected chi connectivity index (χ1v) is 12.3. The van der Waals surface area contributed by atoms with Crippen molar-refractivity contribution in [3.8, 4) is 11.5 Å². The third-order valence-electron chi connectivity index (χ3n) is 6.20. The van der Waals surface area contributed by atoms with Crippen LogP contribution < -0.4 is 14.4 Å². The summed E-state index contributed by atoms with van der Waals surface area (Å²) in [7, 11) is 0. The predicted molar refractivity (Wildman–Crippen MR) is 129 cm³/mol. The van der Waals surface area contributed by atoms with Crippen molar-refractivity contribution in [2.24, 2.45) is 0 Å². The standard InChI is InChI=1S/C26H29N3O3S/c1-17-8-7-13-27-20(17)15-29(25-28-19-10-4-5-12-22(19)33-25)23(30)16-31-21-11-6-9-18-14-26(2,3)32-24(18)21/h6-9,11,13H,4-5,10,12,14-16H2,1-3H3. The highest BCUT2D eigenvalue weighted by Crippen LogP contribution is 2.42. The highest BCUT2D eigenvalue weighted by Gasteiger charge is 2.33. The molecule has 0 unspecified atom stereocenters. The van der Waals surface area contributed by atoms with E-state index in [-0.39, 0.29) is 18.1 Å². The average molecular weight is 464 g/mol. The van der Waals surface area contributed by atoms with Crippen LogP contribution in [0.4, 0.5) is 5.13 Å². The number of nitrogens with zero attached hydrogens (tertiary/aromatic N) is 3. The number of aromatic nitrogens is 2. The SMILES string of the molecule is Cc1cccnc1CN(C(=O)COc1cccc2c1OC(C)(C)C2)c1nc2c(s1)CCCC2. The van der Waals surface area contributed by atoms with Crippen LogP contribution >= 0.6 is 11.3 Å². The monoisotopic (exact) mass is 463 g/mol. The third-order valence-corrected chi connectivity index (χ3v) is 7.38. The largest absolute Gasteiger partial charge is 0.483 e. The summed E-state index contributed by atoms with van der Waals surface area (Å²) in [5, 5.41) is 0.733. The maximum absolute atomic E-state index is 13.5. The Morgan fingerprint density at radius 1 is 1.21 bits per heavy atom. The molecule has 0 fully saturated rings. The van der Waals surface area contributed by atoms with Crippen LogP contribution in [-0.4, -0.2) is 28.1 Å². The van der Waals surface area contributed by atoms with Crippen LogP contribution in [0, 0.1) is 6.92 Å². The average Bonchev–Trinajstić information content (AvgIpc) is 3.36. The predicted octanol–water partition coefficient (Wildman–Crippen LogP) is 5.05. The van der Waals surface area contributed by atoms with Gasteiger partial charge in [-0.25, -0.2) is 4.98 Å². The lowest BCUT2D eigenvalue weighted by molar-refractivity contribution is -0.120. The van der Waals surface area contributed by atoms with Gasteiger partial charge in [-0.2, -0.15) is 0 Å². The first kappa shape index (κ1) is 21.9. The normalized spacial score (nSPS) is 16.0. The minimum absolute atomic E-state index is 0.0869. The molecule has 0 radical (unpaired) electrons. The molecule has 5 rings (SSSR count). The van der Waals surface area contributed by atoms with Crippen LogP contribution in [0.5, 0.6) is 11.5 Å². The number of anilines is 1. The molecule has 7 heteroatoms. The summed E-state index contributed by atoms with van der Waals surface area (Å²) < 4.78 is 12.1. The summed E-state index contributed by atoms with van der Waals surface area (Å²) in [6.07, 6.45) is 6.94. The zero-order valence-corrected chi connectivity index (χ0v) is 20.2. The van der Waals surface area contributed by atoms with Gasteiger partial charge in [0.1, 0.15) is 5.60 Å². The Bertz CT molecular complexity index is 1160. The van der Waals surface area contributed by atoms with Crippen LogP contribution in [0.1, 0.15) is 54.1 Å². The van der Waals surface area contributed by atoms with Gasteiger partial charge in [0.2, 0.25) is 0 Å². The Labute approximate surface area is 198 Å². The van der Waals surface area contributed by atoms with Crippen molar-refractivity contribution in [1.29, 1.82) is 0 Å². The highest BCUT2D eigenvalue weighted by molar-refractivity contribution is 7.15. The number of pyridine rings is 1. The van der Waals surface area contributed by atoms with Crippen LogP contribution in [0.25, 0.3) is 0 Å². The molecule has 33 heavy (non-hydrogen) atoms. The Hall–Kier alpha value is -2.93. The number of thiazole rings is 1. The van der Waals surface area contributed by atoms with Crippen LogP contribution in [0.3, 0.4) is 0 Å². The molecule has 0 spiro atoms. The first-order valence-electron chi connectivity index (χ1n) is 11.5. The zero-order chi connectivity index (χ0) is 23.0. The highest BCUT2D eigenvalue weighted by atomic mass is 32.1. The van der Waals surface area contributed by atoms with Gasteiger partial charge in [0.05, 0.1) is 17.9 Å². The van der Waals surface area contributed by atoms with E-state index in [0.717, 1.165) is 59.1 Å². The van der Waals surface area contributed by atoms with E-state index >= 15 is 0 Å². The molecular formula is C26H29N3O3S. The van der Waals surface area contributed by atoms with E-state index in [2.05, 4.69) is 24.9 Å². The lowest BCUT2D eigenvalue weighted by Gasteiger charge is -2.21. The van der Waals surface area contributed by atoms with Crippen LogP contribution in [0.15, 0.2) is 36.5 Å².